The summed E-state index contributed by atoms with van der Waals surface area (Å²) in [6.07, 6.45) is -0.356. The summed E-state index contributed by atoms with van der Waals surface area (Å²) >= 11 is 9.12. The highest BCUT2D eigenvalue weighted by atomic mass is 35.5. The van der Waals surface area contributed by atoms with Gasteiger partial charge in [0.2, 0.25) is 0 Å². The summed E-state index contributed by atoms with van der Waals surface area (Å²) in [5.74, 6) is 0.514. The van der Waals surface area contributed by atoms with Crippen LogP contribution in [-0.2, 0) is 10.5 Å². The van der Waals surface area contributed by atoms with E-state index >= 15 is 0 Å². The summed E-state index contributed by atoms with van der Waals surface area (Å²) in [4.78, 5) is 20.3. The van der Waals surface area contributed by atoms with Crippen LogP contribution >= 0.6 is 34.7 Å². The van der Waals surface area contributed by atoms with Gasteiger partial charge in [0.15, 0.2) is 11.3 Å². The molecular weight excluding hydrogens is 436 g/mol. The van der Waals surface area contributed by atoms with Crippen molar-refractivity contribution >= 4 is 51.5 Å². The molecule has 150 valence electrons. The second kappa shape index (κ2) is 7.91. The van der Waals surface area contributed by atoms with Crippen molar-refractivity contribution in [2.75, 3.05) is 0 Å². The van der Waals surface area contributed by atoms with E-state index in [-0.39, 0.29) is 12.1 Å². The predicted octanol–water partition coefficient (Wildman–Crippen LogP) is 3.79. The topological polar surface area (TPSA) is 57.1 Å². The maximum atomic E-state index is 13.1. The van der Waals surface area contributed by atoms with Crippen molar-refractivity contribution < 1.29 is 4.79 Å². The van der Waals surface area contributed by atoms with Crippen LogP contribution in [0.5, 0.6) is 0 Å². The zero-order valence-electron chi connectivity index (χ0n) is 16.0. The Morgan fingerprint density at radius 3 is 2.70 bits per heavy atom. The number of nitrogens with one attached hydrogen (secondary N) is 1. The van der Waals surface area contributed by atoms with Gasteiger partial charge in [-0.3, -0.25) is 15.1 Å². The van der Waals surface area contributed by atoms with Crippen LogP contribution in [0.2, 0.25) is 5.02 Å². The first kappa shape index (κ1) is 19.4. The molecule has 1 atom stereocenters. The van der Waals surface area contributed by atoms with Crippen molar-refractivity contribution in [3.63, 3.8) is 0 Å². The molecule has 2 aliphatic heterocycles. The molecule has 2 aromatic carbocycles. The quantitative estimate of drug-likeness (QED) is 0.657. The van der Waals surface area contributed by atoms with Crippen molar-refractivity contribution in [1.82, 2.24) is 10.3 Å². The third-order valence-electron chi connectivity index (χ3n) is 4.82. The molecule has 0 saturated carbocycles. The molecule has 0 spiro atoms. The van der Waals surface area contributed by atoms with Crippen molar-refractivity contribution in [3.8, 4) is 0 Å². The largest absolute Gasteiger partial charge is 0.298 e. The van der Waals surface area contributed by atoms with Gasteiger partial charge in [0.25, 0.3) is 5.91 Å². The van der Waals surface area contributed by atoms with Gasteiger partial charge in [0, 0.05) is 20.9 Å². The number of hydrogen-bond acceptors (Lipinski definition) is 6. The van der Waals surface area contributed by atoms with Crippen LogP contribution in [-0.4, -0.2) is 16.1 Å². The number of rotatable bonds is 3. The second-order valence-corrected chi connectivity index (χ2v) is 9.66. The number of thioether (sulfide) groups is 1. The Morgan fingerprint density at radius 2 is 1.93 bits per heavy atom. The zero-order valence-corrected chi connectivity index (χ0v) is 18.4. The summed E-state index contributed by atoms with van der Waals surface area (Å²) < 4.78 is 0. The highest BCUT2D eigenvalue weighted by molar-refractivity contribution is 8.13. The van der Waals surface area contributed by atoms with Gasteiger partial charge >= 0.3 is 0 Å². The number of fused-ring (bicyclic) bond motifs is 2. The van der Waals surface area contributed by atoms with E-state index < -0.39 is 0 Å². The Bertz CT molecular complexity index is 1280. The molecule has 1 aromatic heterocycles. The van der Waals surface area contributed by atoms with Gasteiger partial charge in [-0.25, -0.2) is 5.01 Å². The fourth-order valence-electron chi connectivity index (χ4n) is 3.40. The first-order valence-electron chi connectivity index (χ1n) is 9.38. The summed E-state index contributed by atoms with van der Waals surface area (Å²) in [5, 5.41) is 12.4. The van der Waals surface area contributed by atoms with Crippen LogP contribution in [0.4, 0.5) is 0 Å². The van der Waals surface area contributed by atoms with E-state index in [0.717, 1.165) is 21.0 Å². The van der Waals surface area contributed by atoms with Gasteiger partial charge in [-0.1, -0.05) is 53.7 Å². The van der Waals surface area contributed by atoms with Crippen molar-refractivity contribution in [1.29, 1.82) is 0 Å². The minimum atomic E-state index is -0.356. The fourth-order valence-corrected chi connectivity index (χ4v) is 5.24. The maximum Gasteiger partial charge on any atom is 0.276 e. The minimum Gasteiger partial charge on any atom is -0.298 e. The molecule has 0 fully saturated rings. The van der Waals surface area contributed by atoms with E-state index in [1.54, 1.807) is 16.3 Å². The monoisotopic (exact) mass is 452 g/mol. The molecule has 0 radical (unpaired) electrons. The molecule has 3 aromatic rings. The van der Waals surface area contributed by atoms with E-state index in [4.69, 9.17) is 21.7 Å². The van der Waals surface area contributed by atoms with E-state index in [2.05, 4.69) is 24.4 Å². The van der Waals surface area contributed by atoms with E-state index in [0.29, 0.717) is 21.6 Å². The normalized spacial score (nSPS) is 17.6. The second-order valence-electron chi connectivity index (χ2n) is 6.94. The first-order chi connectivity index (χ1) is 14.6. The number of benzene rings is 2. The van der Waals surface area contributed by atoms with Crippen molar-refractivity contribution in [2.24, 2.45) is 10.1 Å². The zero-order chi connectivity index (χ0) is 20.7. The van der Waals surface area contributed by atoms with Crippen LogP contribution in [0.1, 0.15) is 21.5 Å². The molecule has 5 rings (SSSR count). The van der Waals surface area contributed by atoms with Gasteiger partial charge in [-0.15, -0.1) is 16.4 Å². The lowest BCUT2D eigenvalue weighted by atomic mass is 10.1. The molecule has 30 heavy (non-hydrogen) atoms. The van der Waals surface area contributed by atoms with Crippen LogP contribution in [0.15, 0.2) is 70.8 Å². The third-order valence-corrected chi connectivity index (χ3v) is 7.05. The number of hydrogen-bond donors (Lipinski definition) is 1. The van der Waals surface area contributed by atoms with Gasteiger partial charge in [-0.05, 0) is 42.8 Å². The van der Waals surface area contributed by atoms with Crippen LogP contribution in [0.25, 0.3) is 5.70 Å². The minimum absolute atomic E-state index is 0.163. The molecule has 0 aliphatic carbocycles. The number of carbonyl (C=O) groups excluding carboxylic acids is 1. The average molecular weight is 453 g/mol. The number of hydrazone groups is 1. The van der Waals surface area contributed by atoms with Gasteiger partial charge < -0.3 is 0 Å². The van der Waals surface area contributed by atoms with E-state index in [1.165, 1.54) is 16.6 Å². The number of para-hydroxylation sites is 1. The van der Waals surface area contributed by atoms with Crippen LogP contribution < -0.4 is 15.9 Å². The molecular formula is C22H17ClN4OS2. The summed E-state index contributed by atoms with van der Waals surface area (Å²) in [6.45, 7) is 2.06. The lowest BCUT2D eigenvalue weighted by Gasteiger charge is -2.33. The third kappa shape index (κ3) is 3.64. The highest BCUT2D eigenvalue weighted by Gasteiger charge is 2.34. The SMILES string of the molecule is Cc1ccc(C2N=c3ccccc3=C3C(=O)NC(SCc4ccc(Cl)cc4)=NN32)s1. The molecule has 0 bridgehead atoms. The highest BCUT2D eigenvalue weighted by Crippen LogP contribution is 2.34. The average Bonchev–Trinajstić information content (AvgIpc) is 3.18. The Hall–Kier alpha value is -2.61. The molecule has 8 heteroatoms. The first-order valence-corrected chi connectivity index (χ1v) is 11.6. The van der Waals surface area contributed by atoms with Gasteiger partial charge in [0.1, 0.15) is 5.70 Å². The molecule has 2 aliphatic rings. The molecule has 3 heterocycles. The Labute approximate surface area is 186 Å². The van der Waals surface area contributed by atoms with E-state index in [1.807, 2.05) is 48.5 Å². The van der Waals surface area contributed by atoms with Crippen molar-refractivity contribution in [2.45, 2.75) is 18.8 Å². The Kier molecular flexibility index (Phi) is 5.10. The van der Waals surface area contributed by atoms with Gasteiger partial charge in [-0.2, -0.15) is 0 Å². The van der Waals surface area contributed by atoms with Crippen LogP contribution in [0, 0.1) is 6.92 Å². The molecule has 1 N–H and O–H groups in total. The molecule has 1 unspecified atom stereocenters. The number of aryl methyl sites for hydroxylation is 1. The lowest BCUT2D eigenvalue weighted by Crippen LogP contribution is -2.50. The van der Waals surface area contributed by atoms with Gasteiger partial charge in [0.05, 0.1) is 10.2 Å². The summed E-state index contributed by atoms with van der Waals surface area (Å²) in [5.41, 5.74) is 1.64. The van der Waals surface area contributed by atoms with E-state index in [9.17, 15) is 4.79 Å². The number of amidine groups is 1. The summed E-state index contributed by atoms with van der Waals surface area (Å²) in [7, 11) is 0. The van der Waals surface area contributed by atoms with Crippen LogP contribution in [0.3, 0.4) is 0 Å². The number of nitrogens with zero attached hydrogens (tertiary/aromatic N) is 3. The number of amides is 1. The Morgan fingerprint density at radius 1 is 1.13 bits per heavy atom. The summed E-state index contributed by atoms with van der Waals surface area (Å²) in [6, 6.07) is 19.5. The number of halogens is 1. The molecule has 0 saturated heterocycles. The lowest BCUT2D eigenvalue weighted by molar-refractivity contribution is -0.116. The maximum absolute atomic E-state index is 13.1. The number of carbonyl (C=O) groups is 1. The smallest absolute Gasteiger partial charge is 0.276 e. The number of thiophene rings is 1. The standard InChI is InChI=1S/C22H17ClN4OS2/c1-13-6-11-18(30-13)20-24-17-5-3-2-4-16(17)19-21(28)25-22(26-27(19)20)29-12-14-7-9-15(23)10-8-14/h2-11,20H,12H2,1H3,(H,25,26,28). The predicted molar refractivity (Wildman–Crippen MR) is 123 cm³/mol. The molecule has 5 nitrogen and oxygen atoms in total. The fraction of sp³-hybridized carbons (Fsp3) is 0.136. The molecule has 1 amide bonds. The van der Waals surface area contributed by atoms with Crippen molar-refractivity contribution in [3.05, 3.63) is 91.6 Å². The Balaban J connectivity index is 1.54.